The van der Waals surface area contributed by atoms with Crippen molar-refractivity contribution in [3.05, 3.63) is 106 Å². The van der Waals surface area contributed by atoms with Crippen molar-refractivity contribution in [1.29, 1.82) is 0 Å². The van der Waals surface area contributed by atoms with E-state index in [4.69, 9.17) is 16.3 Å². The molecule has 1 aromatic heterocycles. The largest absolute Gasteiger partial charge is 0.507 e. The lowest BCUT2D eigenvalue weighted by molar-refractivity contribution is -0.132. The molecule has 1 N–H and O–H groups in total. The minimum absolute atomic E-state index is 0.00981. The highest BCUT2D eigenvalue weighted by Gasteiger charge is 2.48. The van der Waals surface area contributed by atoms with Gasteiger partial charge in [-0.25, -0.2) is 0 Å². The van der Waals surface area contributed by atoms with Gasteiger partial charge in [0.2, 0.25) is 5.13 Å². The fourth-order valence-electron chi connectivity index (χ4n) is 4.17. The standard InChI is InChI=1S/C29H24ClN3O4S2/c1-2-15-37-22-10-6-9-20(16-22)24-23(25(34)19-7-4-3-5-8-19)26(35)27(36)33(24)28-31-32-29(39-28)38-17-18-11-13-21(30)14-12-18/h3-14,16,24,34H,2,15,17H2,1H3/b25-23+. The lowest BCUT2D eigenvalue weighted by Crippen LogP contribution is -2.29. The lowest BCUT2D eigenvalue weighted by atomic mass is 9.95. The van der Waals surface area contributed by atoms with E-state index >= 15 is 0 Å². The topological polar surface area (TPSA) is 92.6 Å². The van der Waals surface area contributed by atoms with Crippen LogP contribution in [0, 0.1) is 0 Å². The van der Waals surface area contributed by atoms with E-state index in [0.29, 0.717) is 38.6 Å². The van der Waals surface area contributed by atoms with Crippen molar-refractivity contribution in [3.8, 4) is 5.75 Å². The van der Waals surface area contributed by atoms with Gasteiger partial charge in [-0.15, -0.1) is 10.2 Å². The Morgan fingerprint density at radius 1 is 1.05 bits per heavy atom. The summed E-state index contributed by atoms with van der Waals surface area (Å²) in [7, 11) is 0. The minimum Gasteiger partial charge on any atom is -0.507 e. The molecule has 1 amide bonds. The smallest absolute Gasteiger partial charge is 0.301 e. The van der Waals surface area contributed by atoms with Crippen LogP contribution in [0.3, 0.4) is 0 Å². The molecule has 1 aliphatic rings. The second-order valence-corrected chi connectivity index (χ2v) is 11.3. The fraction of sp³-hybridized carbons (Fsp3) is 0.172. The highest BCUT2D eigenvalue weighted by Crippen LogP contribution is 2.44. The summed E-state index contributed by atoms with van der Waals surface area (Å²) in [6.07, 6.45) is 0.831. The third-order valence-corrected chi connectivity index (χ3v) is 8.39. The molecule has 4 aromatic rings. The van der Waals surface area contributed by atoms with Crippen molar-refractivity contribution in [2.45, 2.75) is 29.5 Å². The van der Waals surface area contributed by atoms with Crippen LogP contribution in [-0.4, -0.2) is 33.6 Å². The van der Waals surface area contributed by atoms with Crippen LogP contribution in [0.5, 0.6) is 5.75 Å². The molecule has 0 aliphatic carbocycles. The highest BCUT2D eigenvalue weighted by atomic mass is 35.5. The lowest BCUT2D eigenvalue weighted by Gasteiger charge is -2.23. The molecule has 1 unspecified atom stereocenters. The zero-order chi connectivity index (χ0) is 27.4. The van der Waals surface area contributed by atoms with Gasteiger partial charge in [-0.3, -0.25) is 14.5 Å². The SMILES string of the molecule is CCCOc1cccc(C2/C(=C(\O)c3ccccc3)C(=O)C(=O)N2c2nnc(SCc3ccc(Cl)cc3)s2)c1. The van der Waals surface area contributed by atoms with Crippen molar-refractivity contribution in [3.63, 3.8) is 0 Å². The third-order valence-electron chi connectivity index (χ3n) is 6.02. The van der Waals surface area contributed by atoms with Gasteiger partial charge in [0.1, 0.15) is 11.5 Å². The van der Waals surface area contributed by atoms with Crippen LogP contribution in [0.4, 0.5) is 5.13 Å². The first-order valence-corrected chi connectivity index (χ1v) is 14.4. The van der Waals surface area contributed by atoms with Crippen LogP contribution in [0.2, 0.25) is 5.02 Å². The van der Waals surface area contributed by atoms with E-state index in [2.05, 4.69) is 10.2 Å². The predicted octanol–water partition coefficient (Wildman–Crippen LogP) is 6.90. The average molecular weight is 578 g/mol. The fourth-order valence-corrected chi connectivity index (χ4v) is 6.12. The third kappa shape index (κ3) is 5.85. The van der Waals surface area contributed by atoms with Gasteiger partial charge in [-0.2, -0.15) is 0 Å². The van der Waals surface area contributed by atoms with Crippen LogP contribution in [0.15, 0.2) is 88.8 Å². The van der Waals surface area contributed by atoms with Crippen molar-refractivity contribution in [2.24, 2.45) is 0 Å². The summed E-state index contributed by atoms with van der Waals surface area (Å²) in [5, 5.41) is 20.7. The Kier molecular flexibility index (Phi) is 8.30. The molecule has 5 rings (SSSR count). The molecule has 1 saturated heterocycles. The van der Waals surface area contributed by atoms with Crippen molar-refractivity contribution in [1.82, 2.24) is 10.2 Å². The Hall–Kier alpha value is -3.66. The Morgan fingerprint density at radius 3 is 2.56 bits per heavy atom. The maximum atomic E-state index is 13.4. The summed E-state index contributed by atoms with van der Waals surface area (Å²) in [6.45, 7) is 2.54. The molecule has 3 aromatic carbocycles. The number of ether oxygens (including phenoxy) is 1. The van der Waals surface area contributed by atoms with E-state index in [9.17, 15) is 14.7 Å². The monoisotopic (exact) mass is 577 g/mol. The van der Waals surface area contributed by atoms with Crippen LogP contribution in [-0.2, 0) is 15.3 Å². The number of carbonyl (C=O) groups is 2. The first kappa shape index (κ1) is 26.9. The molecular formula is C29H24ClN3O4S2. The van der Waals surface area contributed by atoms with Crippen molar-refractivity contribution < 1.29 is 19.4 Å². The van der Waals surface area contributed by atoms with E-state index < -0.39 is 17.7 Å². The number of anilines is 1. The van der Waals surface area contributed by atoms with E-state index in [-0.39, 0.29) is 16.5 Å². The van der Waals surface area contributed by atoms with Crippen molar-refractivity contribution >= 4 is 57.3 Å². The Morgan fingerprint density at radius 2 is 1.82 bits per heavy atom. The van der Waals surface area contributed by atoms with Gasteiger partial charge < -0.3 is 9.84 Å². The number of amides is 1. The Bertz CT molecular complexity index is 1520. The number of hydrogen-bond donors (Lipinski definition) is 1. The Balaban J connectivity index is 1.53. The van der Waals surface area contributed by atoms with E-state index in [1.54, 1.807) is 42.5 Å². The first-order chi connectivity index (χ1) is 19.0. The predicted molar refractivity (Wildman–Crippen MR) is 154 cm³/mol. The number of nitrogens with zero attached hydrogens (tertiary/aromatic N) is 3. The zero-order valence-corrected chi connectivity index (χ0v) is 23.3. The minimum atomic E-state index is -0.905. The first-order valence-electron chi connectivity index (χ1n) is 12.3. The number of aromatic nitrogens is 2. The Labute approximate surface area is 239 Å². The molecule has 2 heterocycles. The molecule has 1 atom stereocenters. The molecule has 10 heteroatoms. The molecule has 0 bridgehead atoms. The summed E-state index contributed by atoms with van der Waals surface area (Å²) in [6, 6.07) is 22.5. The van der Waals surface area contributed by atoms with Gasteiger partial charge in [0.15, 0.2) is 4.34 Å². The molecule has 0 saturated carbocycles. The number of halogens is 1. The number of carbonyl (C=O) groups excluding carboxylic acids is 2. The zero-order valence-electron chi connectivity index (χ0n) is 20.9. The highest BCUT2D eigenvalue weighted by molar-refractivity contribution is 8.00. The van der Waals surface area contributed by atoms with Gasteiger partial charge in [0.05, 0.1) is 18.2 Å². The molecule has 1 aliphatic heterocycles. The summed E-state index contributed by atoms with van der Waals surface area (Å²) in [5.41, 5.74) is 2.11. The molecule has 1 fully saturated rings. The molecule has 0 spiro atoms. The van der Waals surface area contributed by atoms with Gasteiger partial charge in [0.25, 0.3) is 5.78 Å². The summed E-state index contributed by atoms with van der Waals surface area (Å²) in [5.74, 6) is -0.562. The number of rotatable bonds is 9. The number of ketones is 1. The molecular weight excluding hydrogens is 554 g/mol. The summed E-state index contributed by atoms with van der Waals surface area (Å²) in [4.78, 5) is 28.1. The molecule has 0 radical (unpaired) electrons. The van der Waals surface area contributed by atoms with Gasteiger partial charge in [0, 0.05) is 16.3 Å². The second-order valence-electron chi connectivity index (χ2n) is 8.72. The van der Waals surface area contributed by atoms with Crippen LogP contribution < -0.4 is 9.64 Å². The van der Waals surface area contributed by atoms with Crippen LogP contribution in [0.1, 0.15) is 36.1 Å². The van der Waals surface area contributed by atoms with Gasteiger partial charge in [-0.1, -0.05) is 96.2 Å². The number of hydrogen-bond acceptors (Lipinski definition) is 8. The number of thioether (sulfide) groups is 1. The average Bonchev–Trinajstić information content (AvgIpc) is 3.53. The number of aliphatic hydroxyl groups is 1. The van der Waals surface area contributed by atoms with E-state index in [0.717, 1.165) is 12.0 Å². The van der Waals surface area contributed by atoms with Crippen molar-refractivity contribution in [2.75, 3.05) is 11.5 Å². The van der Waals surface area contributed by atoms with Crippen LogP contribution in [0.25, 0.3) is 5.76 Å². The molecule has 198 valence electrons. The second kappa shape index (κ2) is 12.0. The molecule has 7 nitrogen and oxygen atoms in total. The maximum Gasteiger partial charge on any atom is 0.301 e. The van der Waals surface area contributed by atoms with E-state index in [1.165, 1.54) is 28.0 Å². The number of aliphatic hydroxyl groups excluding tert-OH is 1. The maximum absolute atomic E-state index is 13.4. The normalized spacial score (nSPS) is 16.6. The quantitative estimate of drug-likeness (QED) is 0.0760. The van der Waals surface area contributed by atoms with Crippen LogP contribution >= 0.6 is 34.7 Å². The van der Waals surface area contributed by atoms with Gasteiger partial charge >= 0.3 is 5.91 Å². The van der Waals surface area contributed by atoms with Gasteiger partial charge in [-0.05, 0) is 41.8 Å². The summed E-state index contributed by atoms with van der Waals surface area (Å²) >= 11 is 8.67. The summed E-state index contributed by atoms with van der Waals surface area (Å²) < 4.78 is 6.45. The molecule has 39 heavy (non-hydrogen) atoms. The number of benzene rings is 3. The van der Waals surface area contributed by atoms with E-state index in [1.807, 2.05) is 43.3 Å². The number of Topliss-reactive ketones (excluding diaryl/α,β-unsaturated/α-hetero) is 1.